The SMILES string of the molecule is CC/C=C/C=C/C=C\CCCCCCCC(=O)NC(COP(=O)([O-])OCC[N+](C)(C)C)C(/C=C/CCCCCCCCCCCC)OC(=O)CCCCCCC\C=C/C=C/C=C/CC. The van der Waals surface area contributed by atoms with Gasteiger partial charge in [0.15, 0.2) is 0 Å². The normalized spacial score (nSPS) is 14.7. The van der Waals surface area contributed by atoms with E-state index in [1.807, 2.05) is 45.4 Å². The highest BCUT2D eigenvalue weighted by molar-refractivity contribution is 7.45. The van der Waals surface area contributed by atoms with E-state index < -0.39 is 26.6 Å². The van der Waals surface area contributed by atoms with E-state index in [2.05, 4.69) is 86.8 Å². The van der Waals surface area contributed by atoms with E-state index in [1.54, 1.807) is 0 Å². The maximum Gasteiger partial charge on any atom is 0.306 e. The Morgan fingerprint density at radius 3 is 1.48 bits per heavy atom. The van der Waals surface area contributed by atoms with Gasteiger partial charge < -0.3 is 28.5 Å². The fourth-order valence-electron chi connectivity index (χ4n) is 6.75. The summed E-state index contributed by atoms with van der Waals surface area (Å²) in [6.07, 6.45) is 55.5. The highest BCUT2D eigenvalue weighted by Crippen LogP contribution is 2.38. The molecule has 9 nitrogen and oxygen atoms in total. The van der Waals surface area contributed by atoms with Crippen LogP contribution in [0.3, 0.4) is 0 Å². The van der Waals surface area contributed by atoms with Crippen molar-refractivity contribution in [2.75, 3.05) is 40.9 Å². The number of nitrogens with one attached hydrogen (secondary N) is 1. The molecule has 0 aromatic carbocycles. The summed E-state index contributed by atoms with van der Waals surface area (Å²) in [5.74, 6) is -0.598. The first-order valence-corrected chi connectivity index (χ1v) is 26.9. The molecule has 0 spiro atoms. The van der Waals surface area contributed by atoms with E-state index >= 15 is 0 Å². The van der Waals surface area contributed by atoms with Crippen molar-refractivity contribution in [1.29, 1.82) is 0 Å². The topological polar surface area (TPSA) is 114 Å². The Hall–Kier alpha value is -2.81. The summed E-state index contributed by atoms with van der Waals surface area (Å²) in [7, 11) is 1.14. The van der Waals surface area contributed by atoms with Gasteiger partial charge in [-0.1, -0.05) is 196 Å². The summed E-state index contributed by atoms with van der Waals surface area (Å²) in [6, 6.07) is -0.909. The molecule has 0 aliphatic rings. The van der Waals surface area contributed by atoms with Gasteiger partial charge in [-0.25, -0.2) is 0 Å². The van der Waals surface area contributed by atoms with Crippen molar-refractivity contribution in [3.63, 3.8) is 0 Å². The van der Waals surface area contributed by atoms with Gasteiger partial charge >= 0.3 is 5.97 Å². The fraction of sp³-hybridized carbons (Fsp3) is 0.704. The van der Waals surface area contributed by atoms with Crippen molar-refractivity contribution in [2.24, 2.45) is 0 Å². The Bertz CT molecular complexity index is 1380. The lowest BCUT2D eigenvalue weighted by Gasteiger charge is -2.30. The largest absolute Gasteiger partial charge is 0.756 e. The molecule has 3 atom stereocenters. The number of quaternary nitrogens is 1. The number of rotatable bonds is 44. The predicted molar refractivity (Wildman–Crippen MR) is 270 cm³/mol. The number of phosphoric ester groups is 1. The van der Waals surface area contributed by atoms with Crippen LogP contribution in [0, 0.1) is 0 Å². The molecule has 0 aromatic heterocycles. The molecule has 0 radical (unpaired) electrons. The maximum absolute atomic E-state index is 13.4. The van der Waals surface area contributed by atoms with Gasteiger partial charge in [0.05, 0.1) is 33.8 Å². The molecule has 0 aromatic rings. The Balaban J connectivity index is 5.53. The Kier molecular flexibility index (Phi) is 42.1. The number of likely N-dealkylation sites (N-methyl/N-ethyl adjacent to an activating group) is 1. The summed E-state index contributed by atoms with van der Waals surface area (Å²) in [6.45, 7) is 6.51. The number of amides is 1. The summed E-state index contributed by atoms with van der Waals surface area (Å²) in [4.78, 5) is 39.6. The molecule has 1 N–H and O–H groups in total. The number of ether oxygens (including phenoxy) is 1. The molecule has 1 amide bonds. The molecule has 0 rings (SSSR count). The molecule has 64 heavy (non-hydrogen) atoms. The van der Waals surface area contributed by atoms with Gasteiger partial charge in [0.1, 0.15) is 19.3 Å². The number of carbonyl (C=O) groups is 2. The highest BCUT2D eigenvalue weighted by atomic mass is 31.2. The Labute approximate surface area is 393 Å². The zero-order valence-corrected chi connectivity index (χ0v) is 42.6. The third-order valence-corrected chi connectivity index (χ3v) is 11.7. The van der Waals surface area contributed by atoms with Crippen LogP contribution in [0.1, 0.15) is 194 Å². The number of nitrogens with zero attached hydrogens (tertiary/aromatic N) is 1. The van der Waals surface area contributed by atoms with Crippen molar-refractivity contribution in [1.82, 2.24) is 5.32 Å². The molecular formula is C54H95N2O7P. The number of hydrogen-bond acceptors (Lipinski definition) is 7. The van der Waals surface area contributed by atoms with Crippen LogP contribution in [-0.4, -0.2) is 69.4 Å². The molecule has 0 bridgehead atoms. The van der Waals surface area contributed by atoms with Gasteiger partial charge in [0.25, 0.3) is 7.82 Å². The van der Waals surface area contributed by atoms with E-state index in [4.69, 9.17) is 13.8 Å². The van der Waals surface area contributed by atoms with Gasteiger partial charge in [-0.15, -0.1) is 0 Å². The quantitative estimate of drug-likeness (QED) is 0.0162. The van der Waals surface area contributed by atoms with Crippen LogP contribution in [0.25, 0.3) is 0 Å². The zero-order chi connectivity index (χ0) is 47.3. The number of phosphoric acid groups is 1. The minimum absolute atomic E-state index is 0.0343. The lowest BCUT2D eigenvalue weighted by Crippen LogP contribution is -2.47. The van der Waals surface area contributed by atoms with E-state index in [1.165, 1.54) is 51.4 Å². The number of hydrogen-bond donors (Lipinski definition) is 1. The monoisotopic (exact) mass is 915 g/mol. The molecule has 0 saturated carbocycles. The van der Waals surface area contributed by atoms with Crippen molar-refractivity contribution in [3.8, 4) is 0 Å². The van der Waals surface area contributed by atoms with Gasteiger partial charge in [0, 0.05) is 12.8 Å². The lowest BCUT2D eigenvalue weighted by molar-refractivity contribution is -0.870. The molecule has 0 aliphatic heterocycles. The van der Waals surface area contributed by atoms with Crippen molar-refractivity contribution in [3.05, 3.63) is 85.1 Å². The second-order valence-electron chi connectivity index (χ2n) is 18.0. The zero-order valence-electron chi connectivity index (χ0n) is 41.7. The first-order chi connectivity index (χ1) is 30.9. The van der Waals surface area contributed by atoms with Crippen LogP contribution in [-0.2, 0) is 27.9 Å². The average molecular weight is 915 g/mol. The molecular weight excluding hydrogens is 820 g/mol. The summed E-state index contributed by atoms with van der Waals surface area (Å²) in [5.41, 5.74) is 0. The second-order valence-corrected chi connectivity index (χ2v) is 19.4. The van der Waals surface area contributed by atoms with Gasteiger partial charge in [-0.2, -0.15) is 0 Å². The first-order valence-electron chi connectivity index (χ1n) is 25.5. The molecule has 10 heteroatoms. The summed E-state index contributed by atoms with van der Waals surface area (Å²) in [5, 5.41) is 2.99. The lowest BCUT2D eigenvalue weighted by atomic mass is 10.0. The minimum atomic E-state index is -4.70. The van der Waals surface area contributed by atoms with E-state index in [0.29, 0.717) is 23.9 Å². The third kappa shape index (κ3) is 44.4. The van der Waals surface area contributed by atoms with Gasteiger partial charge in [-0.3, -0.25) is 14.2 Å². The van der Waals surface area contributed by atoms with E-state index in [-0.39, 0.29) is 31.3 Å². The number of carbonyl (C=O) groups excluding carboxylic acids is 2. The van der Waals surface area contributed by atoms with Crippen LogP contribution in [0.4, 0.5) is 0 Å². The number of esters is 1. The fourth-order valence-corrected chi connectivity index (χ4v) is 7.48. The predicted octanol–water partition coefficient (Wildman–Crippen LogP) is 14.1. The molecule has 0 aliphatic carbocycles. The Morgan fingerprint density at radius 2 is 1.00 bits per heavy atom. The van der Waals surface area contributed by atoms with E-state index in [0.717, 1.165) is 96.3 Å². The van der Waals surface area contributed by atoms with Crippen LogP contribution in [0.5, 0.6) is 0 Å². The molecule has 0 fully saturated rings. The smallest absolute Gasteiger partial charge is 0.306 e. The molecule has 368 valence electrons. The van der Waals surface area contributed by atoms with Gasteiger partial charge in [-0.05, 0) is 70.3 Å². The van der Waals surface area contributed by atoms with Crippen LogP contribution in [0.15, 0.2) is 85.1 Å². The van der Waals surface area contributed by atoms with Crippen molar-refractivity contribution >= 4 is 19.7 Å². The standard InChI is InChI=1S/C54H95N2O7P/c1-7-10-13-16-19-22-25-28-31-34-37-40-43-46-53(57)55-51(50-62-64(59,60)61-49-48-56(4,5)6)52(45-42-39-36-33-30-27-24-21-18-15-12-9-3)63-54(58)47-44-41-38-35-32-29-26-23-20-17-14-11-8-2/h10-11,13-14,16-17,19-20,22-23,25-26,42,45,51-52H,7-9,12,15,18,21,24,27-41,43-44,46-50H2,1-6H3,(H-,55,57,59,60)/b13-10+,14-11+,19-16+,20-17+,25-22-,26-23-,45-42+. The molecule has 0 saturated heterocycles. The minimum Gasteiger partial charge on any atom is -0.756 e. The second kappa shape index (κ2) is 44.0. The van der Waals surface area contributed by atoms with Gasteiger partial charge in [0.2, 0.25) is 5.91 Å². The molecule has 0 heterocycles. The third-order valence-electron chi connectivity index (χ3n) is 10.7. The van der Waals surface area contributed by atoms with Crippen molar-refractivity contribution < 1.29 is 37.3 Å². The Morgan fingerprint density at radius 1 is 0.562 bits per heavy atom. The van der Waals surface area contributed by atoms with Crippen molar-refractivity contribution in [2.45, 2.75) is 206 Å². The number of unbranched alkanes of at least 4 members (excludes halogenated alkanes) is 20. The van der Waals surface area contributed by atoms with Crippen LogP contribution in [0.2, 0.25) is 0 Å². The average Bonchev–Trinajstić information content (AvgIpc) is 3.25. The highest BCUT2D eigenvalue weighted by Gasteiger charge is 2.27. The first kappa shape index (κ1) is 61.2. The molecule has 3 unspecified atom stereocenters. The van der Waals surface area contributed by atoms with E-state index in [9.17, 15) is 19.0 Å². The summed E-state index contributed by atoms with van der Waals surface area (Å²) < 4.78 is 30.1. The maximum atomic E-state index is 13.4. The number of allylic oxidation sites excluding steroid dienone is 13. The van der Waals surface area contributed by atoms with Crippen LogP contribution >= 0.6 is 7.82 Å². The summed E-state index contributed by atoms with van der Waals surface area (Å²) >= 11 is 0. The van der Waals surface area contributed by atoms with Crippen LogP contribution < -0.4 is 10.2 Å².